The number of carbonyl (C=O) groups excluding carboxylic acids is 1. The summed E-state index contributed by atoms with van der Waals surface area (Å²) in [4.78, 5) is 18.7. The molecule has 2 aromatic rings. The zero-order valence-electron chi connectivity index (χ0n) is 14.7. The molecular weight excluding hydrogens is 352 g/mol. The molecule has 3 aliphatic rings. The molecule has 0 unspecified atom stereocenters. The highest BCUT2D eigenvalue weighted by atomic mass is 16.7. The van der Waals surface area contributed by atoms with E-state index in [1.54, 1.807) is 11.2 Å². The van der Waals surface area contributed by atoms with Crippen molar-refractivity contribution in [2.45, 2.75) is 30.6 Å². The van der Waals surface area contributed by atoms with E-state index < -0.39 is 24.5 Å². The van der Waals surface area contributed by atoms with Gasteiger partial charge in [-0.05, 0) is 12.1 Å². The van der Waals surface area contributed by atoms with E-state index in [2.05, 4.69) is 10.3 Å². The van der Waals surface area contributed by atoms with Gasteiger partial charge in [0.1, 0.15) is 18.2 Å². The molecule has 1 aromatic heterocycles. The van der Waals surface area contributed by atoms with Gasteiger partial charge in [0.2, 0.25) is 0 Å². The maximum Gasteiger partial charge on any atom is 0.317 e. The third-order valence-electron chi connectivity index (χ3n) is 5.52. The Hall–Kier alpha value is -2.20. The van der Waals surface area contributed by atoms with Crippen LogP contribution in [0.5, 0.6) is 0 Å². The lowest BCUT2D eigenvalue weighted by molar-refractivity contribution is -0.163. The smallest absolute Gasteiger partial charge is 0.317 e. The molecule has 2 N–H and O–H groups in total. The van der Waals surface area contributed by atoms with Crippen molar-refractivity contribution in [2.24, 2.45) is 0 Å². The van der Waals surface area contributed by atoms with Gasteiger partial charge < -0.3 is 34.1 Å². The number of amides is 2. The first-order valence-corrected chi connectivity index (χ1v) is 9.22. The number of rotatable bonds is 2. The Morgan fingerprint density at radius 1 is 1.26 bits per heavy atom. The largest absolute Gasteiger partial charge is 0.388 e. The maximum atomic E-state index is 12.6. The van der Waals surface area contributed by atoms with Crippen molar-refractivity contribution in [1.82, 2.24) is 19.8 Å². The molecule has 5 rings (SSSR count). The highest BCUT2D eigenvalue weighted by molar-refractivity contribution is 5.76. The van der Waals surface area contributed by atoms with Crippen LogP contribution >= 0.6 is 0 Å². The molecule has 3 saturated heterocycles. The molecule has 0 aliphatic carbocycles. The van der Waals surface area contributed by atoms with Crippen LogP contribution in [-0.2, 0) is 14.2 Å². The van der Waals surface area contributed by atoms with E-state index in [1.165, 1.54) is 0 Å². The van der Waals surface area contributed by atoms with Crippen molar-refractivity contribution in [3.63, 3.8) is 0 Å². The highest BCUT2D eigenvalue weighted by Gasteiger charge is 2.52. The number of ether oxygens (including phenoxy) is 3. The topological polar surface area (TPSA) is 98.1 Å². The summed E-state index contributed by atoms with van der Waals surface area (Å²) in [5.41, 5.74) is 1.72. The molecule has 144 valence electrons. The van der Waals surface area contributed by atoms with E-state index >= 15 is 0 Å². The number of hydrogen-bond donors (Lipinski definition) is 2. The normalized spacial score (nSPS) is 33.4. The fourth-order valence-corrected chi connectivity index (χ4v) is 4.09. The van der Waals surface area contributed by atoms with Crippen molar-refractivity contribution >= 4 is 17.1 Å². The fourth-order valence-electron chi connectivity index (χ4n) is 4.09. The monoisotopic (exact) mass is 374 g/mol. The van der Waals surface area contributed by atoms with Crippen LogP contribution in [-0.4, -0.2) is 83.0 Å². The average Bonchev–Trinajstić information content (AvgIpc) is 3.32. The molecule has 1 aromatic carbocycles. The molecule has 9 nitrogen and oxygen atoms in total. The molecule has 3 fully saturated rings. The minimum atomic E-state index is -0.862. The van der Waals surface area contributed by atoms with Gasteiger partial charge in [0.05, 0.1) is 43.2 Å². The molecule has 2 bridgehead atoms. The van der Waals surface area contributed by atoms with E-state index in [0.717, 1.165) is 11.0 Å². The summed E-state index contributed by atoms with van der Waals surface area (Å²) in [6.07, 6.45) is -0.121. The van der Waals surface area contributed by atoms with Crippen LogP contribution in [0.1, 0.15) is 6.04 Å². The lowest BCUT2D eigenvalue weighted by Crippen LogP contribution is -2.61. The van der Waals surface area contributed by atoms with Gasteiger partial charge in [-0.3, -0.25) is 0 Å². The number of aliphatic hydroxyl groups excluding tert-OH is 1. The number of fused-ring (bicyclic) bond motifs is 3. The number of benzene rings is 1. The number of aliphatic hydroxyl groups is 1. The molecule has 5 atom stereocenters. The minimum absolute atomic E-state index is 0.217. The Morgan fingerprint density at radius 3 is 2.93 bits per heavy atom. The first kappa shape index (κ1) is 16.9. The van der Waals surface area contributed by atoms with Gasteiger partial charge in [-0.2, -0.15) is 0 Å². The Kier molecular flexibility index (Phi) is 4.24. The zero-order valence-corrected chi connectivity index (χ0v) is 14.7. The van der Waals surface area contributed by atoms with Gasteiger partial charge in [0.15, 0.2) is 6.29 Å². The summed E-state index contributed by atoms with van der Waals surface area (Å²) in [5.74, 6) is 0. The molecule has 2 amide bonds. The predicted molar refractivity (Wildman–Crippen MR) is 94.1 cm³/mol. The highest BCUT2D eigenvalue weighted by Crippen LogP contribution is 2.37. The lowest BCUT2D eigenvalue weighted by atomic mass is 9.95. The van der Waals surface area contributed by atoms with Crippen molar-refractivity contribution in [3.8, 4) is 0 Å². The number of carbonyl (C=O) groups is 1. The third kappa shape index (κ3) is 2.87. The van der Waals surface area contributed by atoms with E-state index in [9.17, 15) is 9.90 Å². The standard InChI is InChI=1S/C18H22N4O5/c23-16-14(20-18(24)21-5-7-25-8-6-21)13-9-26-17(27-13)15(16)22-10-19-11-3-1-2-4-12(11)22/h1-4,10,13-17,23H,5-9H2,(H,20,24)/t13-,14-,15-,16+,17-/m1/s1. The van der Waals surface area contributed by atoms with Gasteiger partial charge in [-0.25, -0.2) is 9.78 Å². The lowest BCUT2D eigenvalue weighted by Gasteiger charge is -2.40. The van der Waals surface area contributed by atoms with Crippen molar-refractivity contribution in [1.29, 1.82) is 0 Å². The second-order valence-corrected chi connectivity index (χ2v) is 7.07. The number of imidazole rings is 1. The second kappa shape index (κ2) is 6.75. The zero-order chi connectivity index (χ0) is 18.4. The van der Waals surface area contributed by atoms with Gasteiger partial charge in [0, 0.05) is 13.1 Å². The number of aromatic nitrogens is 2. The van der Waals surface area contributed by atoms with Crippen LogP contribution < -0.4 is 5.32 Å². The first-order chi connectivity index (χ1) is 13.2. The van der Waals surface area contributed by atoms with Crippen molar-refractivity contribution in [2.75, 3.05) is 32.9 Å². The summed E-state index contributed by atoms with van der Waals surface area (Å²) in [7, 11) is 0. The van der Waals surface area contributed by atoms with Crippen LogP contribution in [0.4, 0.5) is 4.79 Å². The van der Waals surface area contributed by atoms with Crippen molar-refractivity contribution < 1.29 is 24.1 Å². The van der Waals surface area contributed by atoms with Crippen LogP contribution in [0, 0.1) is 0 Å². The Balaban J connectivity index is 1.41. The molecule has 27 heavy (non-hydrogen) atoms. The van der Waals surface area contributed by atoms with E-state index in [1.807, 2.05) is 28.8 Å². The number of nitrogens with one attached hydrogen (secondary N) is 1. The van der Waals surface area contributed by atoms with Gasteiger partial charge >= 0.3 is 6.03 Å². The minimum Gasteiger partial charge on any atom is -0.388 e. The Labute approximate surface area is 155 Å². The summed E-state index contributed by atoms with van der Waals surface area (Å²) < 4.78 is 18.9. The summed E-state index contributed by atoms with van der Waals surface area (Å²) >= 11 is 0. The first-order valence-electron chi connectivity index (χ1n) is 9.22. The summed E-state index contributed by atoms with van der Waals surface area (Å²) in [6.45, 7) is 2.45. The predicted octanol–water partition coefficient (Wildman–Crippen LogP) is 0.104. The number of urea groups is 1. The van der Waals surface area contributed by atoms with Crippen molar-refractivity contribution in [3.05, 3.63) is 30.6 Å². The third-order valence-corrected chi connectivity index (χ3v) is 5.52. The van der Waals surface area contributed by atoms with Gasteiger partial charge in [-0.1, -0.05) is 12.1 Å². The quantitative estimate of drug-likeness (QED) is 0.774. The van der Waals surface area contributed by atoms with Crippen LogP contribution in [0.2, 0.25) is 0 Å². The van der Waals surface area contributed by atoms with Crippen LogP contribution in [0.3, 0.4) is 0 Å². The van der Waals surface area contributed by atoms with Crippen LogP contribution in [0.25, 0.3) is 11.0 Å². The molecule has 0 saturated carbocycles. The van der Waals surface area contributed by atoms with E-state index in [0.29, 0.717) is 32.9 Å². The fraction of sp³-hybridized carbons (Fsp3) is 0.556. The van der Waals surface area contributed by atoms with E-state index in [-0.39, 0.29) is 12.1 Å². The summed E-state index contributed by atoms with van der Waals surface area (Å²) in [5, 5.41) is 14.1. The maximum absolute atomic E-state index is 12.6. The number of hydrogen-bond acceptors (Lipinski definition) is 6. The Morgan fingerprint density at radius 2 is 2.07 bits per heavy atom. The molecular formula is C18H22N4O5. The number of nitrogens with zero attached hydrogens (tertiary/aromatic N) is 3. The molecule has 9 heteroatoms. The second-order valence-electron chi connectivity index (χ2n) is 7.07. The Bertz CT molecular complexity index is 836. The average molecular weight is 374 g/mol. The number of para-hydroxylation sites is 2. The van der Waals surface area contributed by atoms with E-state index in [4.69, 9.17) is 14.2 Å². The molecule has 0 spiro atoms. The molecule has 0 radical (unpaired) electrons. The molecule has 3 aliphatic heterocycles. The van der Waals surface area contributed by atoms with Gasteiger partial charge in [-0.15, -0.1) is 0 Å². The molecule has 4 heterocycles. The number of morpholine rings is 1. The van der Waals surface area contributed by atoms with Gasteiger partial charge in [0.25, 0.3) is 0 Å². The SMILES string of the molecule is O=C(N[C@H]1[C@H](O)[C@@H](n2cnc3ccccc32)[C@@H]2OC[C@H]1O2)N1CCOCC1. The van der Waals surface area contributed by atoms with Crippen LogP contribution in [0.15, 0.2) is 30.6 Å². The summed E-state index contributed by atoms with van der Waals surface area (Å²) in [6, 6.07) is 6.42.